The molecule has 0 saturated carbocycles. The highest BCUT2D eigenvalue weighted by Crippen LogP contribution is 2.14. The molecule has 1 saturated heterocycles. The molecule has 0 spiro atoms. The fraction of sp³-hybridized carbons (Fsp3) is 0.421. The maximum atomic E-state index is 12.5. The van der Waals surface area contributed by atoms with Crippen molar-refractivity contribution in [2.75, 3.05) is 45.2 Å². The number of methoxy groups -OCH3 is 1. The van der Waals surface area contributed by atoms with Crippen molar-refractivity contribution < 1.29 is 9.53 Å². The van der Waals surface area contributed by atoms with E-state index in [1.165, 1.54) is 0 Å². The van der Waals surface area contributed by atoms with Crippen LogP contribution in [-0.4, -0.2) is 61.1 Å². The molecule has 1 aliphatic rings. The van der Waals surface area contributed by atoms with Crippen LogP contribution in [0.25, 0.3) is 0 Å². The zero-order valence-corrected chi connectivity index (χ0v) is 15.5. The van der Waals surface area contributed by atoms with Crippen molar-refractivity contribution in [3.8, 4) is 5.75 Å². The van der Waals surface area contributed by atoms with Gasteiger partial charge in [-0.1, -0.05) is 12.1 Å². The molecule has 3 rings (SSSR count). The van der Waals surface area contributed by atoms with Crippen LogP contribution in [0.2, 0.25) is 0 Å². The molecule has 7 nitrogen and oxygen atoms in total. The highest BCUT2D eigenvalue weighted by atomic mass is 16.5. The zero-order chi connectivity index (χ0) is 18.5. The molecule has 0 bridgehead atoms. The Morgan fingerprint density at radius 2 is 1.88 bits per heavy atom. The number of likely N-dealkylation sites (N-methyl/N-ethyl adjacent to an activating group) is 1. The fourth-order valence-corrected chi connectivity index (χ4v) is 2.86. The Kier molecular flexibility index (Phi) is 5.68. The van der Waals surface area contributed by atoms with Crippen molar-refractivity contribution >= 4 is 11.9 Å². The van der Waals surface area contributed by atoms with Crippen LogP contribution in [0.5, 0.6) is 5.75 Å². The second-order valence-corrected chi connectivity index (χ2v) is 6.49. The SMILES string of the molecule is COc1ccc(CNC(=O)c2cnc(N3CCN(C)CC3)nc2C)cc1. The van der Waals surface area contributed by atoms with Crippen LogP contribution in [0.3, 0.4) is 0 Å². The minimum Gasteiger partial charge on any atom is -0.497 e. The molecule has 2 aromatic rings. The van der Waals surface area contributed by atoms with Gasteiger partial charge in [0, 0.05) is 38.9 Å². The van der Waals surface area contributed by atoms with Gasteiger partial charge in [-0.25, -0.2) is 9.97 Å². The Morgan fingerprint density at radius 3 is 2.50 bits per heavy atom. The maximum Gasteiger partial charge on any atom is 0.254 e. The molecule has 0 unspecified atom stereocenters. The van der Waals surface area contributed by atoms with Crippen LogP contribution in [0.4, 0.5) is 5.95 Å². The minimum absolute atomic E-state index is 0.164. The summed E-state index contributed by atoms with van der Waals surface area (Å²) in [6, 6.07) is 7.61. The molecule has 1 fully saturated rings. The third-order valence-corrected chi connectivity index (χ3v) is 4.61. The number of ether oxygens (including phenoxy) is 1. The van der Waals surface area contributed by atoms with Crippen LogP contribution in [-0.2, 0) is 6.54 Å². The van der Waals surface area contributed by atoms with E-state index in [0.29, 0.717) is 23.8 Å². The second-order valence-electron chi connectivity index (χ2n) is 6.49. The standard InChI is InChI=1S/C19H25N5O2/c1-14-17(13-21-19(22-14)24-10-8-23(2)9-11-24)18(25)20-12-15-4-6-16(26-3)7-5-15/h4-7,13H,8-12H2,1-3H3,(H,20,25). The largest absolute Gasteiger partial charge is 0.497 e. The lowest BCUT2D eigenvalue weighted by atomic mass is 10.2. The van der Waals surface area contributed by atoms with Crippen molar-refractivity contribution in [2.45, 2.75) is 13.5 Å². The van der Waals surface area contributed by atoms with Crippen molar-refractivity contribution in [3.05, 3.63) is 47.3 Å². The van der Waals surface area contributed by atoms with Gasteiger partial charge in [0.15, 0.2) is 0 Å². The van der Waals surface area contributed by atoms with Crippen LogP contribution < -0.4 is 15.0 Å². The van der Waals surface area contributed by atoms with Crippen molar-refractivity contribution in [1.82, 2.24) is 20.2 Å². The van der Waals surface area contributed by atoms with Gasteiger partial charge in [0.2, 0.25) is 5.95 Å². The van der Waals surface area contributed by atoms with Crippen LogP contribution in [0.1, 0.15) is 21.6 Å². The van der Waals surface area contributed by atoms with Crippen LogP contribution in [0, 0.1) is 6.92 Å². The van der Waals surface area contributed by atoms with Gasteiger partial charge >= 0.3 is 0 Å². The number of piperazine rings is 1. The van der Waals surface area contributed by atoms with E-state index >= 15 is 0 Å². The first kappa shape index (κ1) is 18.1. The number of rotatable bonds is 5. The van der Waals surface area contributed by atoms with Crippen molar-refractivity contribution in [3.63, 3.8) is 0 Å². The minimum atomic E-state index is -0.164. The summed E-state index contributed by atoms with van der Waals surface area (Å²) in [4.78, 5) is 25.8. The Bertz CT molecular complexity index is 755. The summed E-state index contributed by atoms with van der Waals surface area (Å²) in [5.41, 5.74) is 2.21. The number of aromatic nitrogens is 2. The first-order chi connectivity index (χ1) is 12.6. The molecule has 1 aliphatic heterocycles. The first-order valence-electron chi connectivity index (χ1n) is 8.75. The molecule has 2 heterocycles. The van der Waals surface area contributed by atoms with Gasteiger partial charge in [-0.15, -0.1) is 0 Å². The molecule has 0 aliphatic carbocycles. The lowest BCUT2D eigenvalue weighted by Gasteiger charge is -2.32. The van der Waals surface area contributed by atoms with Gasteiger partial charge in [-0.3, -0.25) is 4.79 Å². The average molecular weight is 355 g/mol. The van der Waals surface area contributed by atoms with E-state index in [9.17, 15) is 4.79 Å². The van der Waals surface area contributed by atoms with Crippen molar-refractivity contribution in [2.24, 2.45) is 0 Å². The molecule has 1 aromatic heterocycles. The zero-order valence-electron chi connectivity index (χ0n) is 15.5. The van der Waals surface area contributed by atoms with E-state index in [-0.39, 0.29) is 5.91 Å². The van der Waals surface area contributed by atoms with Gasteiger partial charge in [0.25, 0.3) is 5.91 Å². The Morgan fingerprint density at radius 1 is 1.19 bits per heavy atom. The highest BCUT2D eigenvalue weighted by molar-refractivity contribution is 5.94. The highest BCUT2D eigenvalue weighted by Gasteiger charge is 2.18. The second kappa shape index (κ2) is 8.14. The predicted octanol–water partition coefficient (Wildman–Crippen LogP) is 1.48. The van der Waals surface area contributed by atoms with Gasteiger partial charge in [0.1, 0.15) is 5.75 Å². The van der Waals surface area contributed by atoms with Crippen LogP contribution in [0.15, 0.2) is 30.5 Å². The molecule has 138 valence electrons. The summed E-state index contributed by atoms with van der Waals surface area (Å²) in [6.07, 6.45) is 1.62. The molecule has 1 amide bonds. The molecule has 1 N–H and O–H groups in total. The van der Waals surface area contributed by atoms with Gasteiger partial charge in [-0.05, 0) is 31.7 Å². The maximum absolute atomic E-state index is 12.5. The number of nitrogens with one attached hydrogen (secondary N) is 1. The number of amides is 1. The summed E-state index contributed by atoms with van der Waals surface area (Å²) in [6.45, 7) is 6.09. The van der Waals surface area contributed by atoms with Gasteiger partial charge in [0.05, 0.1) is 18.4 Å². The predicted molar refractivity (Wildman–Crippen MR) is 101 cm³/mol. The Balaban J connectivity index is 1.61. The third kappa shape index (κ3) is 4.29. The number of anilines is 1. The van der Waals surface area contributed by atoms with Crippen LogP contribution >= 0.6 is 0 Å². The molecular formula is C19H25N5O2. The Labute approximate surface area is 154 Å². The van der Waals surface area contributed by atoms with Gasteiger partial charge in [-0.2, -0.15) is 0 Å². The molecule has 1 aromatic carbocycles. The summed E-state index contributed by atoms with van der Waals surface area (Å²) in [7, 11) is 3.74. The number of hydrogen-bond donors (Lipinski definition) is 1. The van der Waals surface area contributed by atoms with E-state index in [4.69, 9.17) is 4.74 Å². The molecule has 0 atom stereocenters. The smallest absolute Gasteiger partial charge is 0.254 e. The molecular weight excluding hydrogens is 330 g/mol. The fourth-order valence-electron chi connectivity index (χ4n) is 2.86. The normalized spacial score (nSPS) is 15.0. The number of nitrogens with zero attached hydrogens (tertiary/aromatic N) is 4. The average Bonchev–Trinajstić information content (AvgIpc) is 2.67. The third-order valence-electron chi connectivity index (χ3n) is 4.61. The first-order valence-corrected chi connectivity index (χ1v) is 8.75. The molecule has 0 radical (unpaired) electrons. The van der Waals surface area contributed by atoms with E-state index in [2.05, 4.69) is 32.1 Å². The molecule has 26 heavy (non-hydrogen) atoms. The monoisotopic (exact) mass is 355 g/mol. The van der Waals surface area contributed by atoms with Crippen molar-refractivity contribution in [1.29, 1.82) is 0 Å². The summed E-state index contributed by atoms with van der Waals surface area (Å²) < 4.78 is 5.14. The quantitative estimate of drug-likeness (QED) is 0.876. The number of carbonyl (C=O) groups excluding carboxylic acids is 1. The van der Waals surface area contributed by atoms with E-state index in [0.717, 1.165) is 37.5 Å². The summed E-state index contributed by atoms with van der Waals surface area (Å²) >= 11 is 0. The summed E-state index contributed by atoms with van der Waals surface area (Å²) in [5, 5.41) is 2.92. The lowest BCUT2D eigenvalue weighted by molar-refractivity contribution is 0.0949. The topological polar surface area (TPSA) is 70.6 Å². The van der Waals surface area contributed by atoms with E-state index in [1.54, 1.807) is 13.3 Å². The number of carbonyl (C=O) groups is 1. The number of aryl methyl sites for hydroxylation is 1. The number of benzene rings is 1. The van der Waals surface area contributed by atoms with Gasteiger partial charge < -0.3 is 19.9 Å². The lowest BCUT2D eigenvalue weighted by Crippen LogP contribution is -2.45. The summed E-state index contributed by atoms with van der Waals surface area (Å²) in [5.74, 6) is 1.33. The Hall–Kier alpha value is -2.67. The van der Waals surface area contributed by atoms with E-state index in [1.807, 2.05) is 31.2 Å². The molecule has 7 heteroatoms. The number of hydrogen-bond acceptors (Lipinski definition) is 6. The van der Waals surface area contributed by atoms with E-state index < -0.39 is 0 Å².